The summed E-state index contributed by atoms with van der Waals surface area (Å²) >= 11 is 1.79. The number of carbonyl (C=O) groups excluding carboxylic acids is 1. The number of amides is 1. The number of anilines is 2. The number of benzene rings is 2. The third-order valence-electron chi connectivity index (χ3n) is 3.56. The van der Waals surface area contributed by atoms with Crippen LogP contribution in [-0.2, 0) is 0 Å². The van der Waals surface area contributed by atoms with Crippen molar-refractivity contribution in [3.8, 4) is 0 Å². The molecule has 6 heteroatoms. The number of nitrogens with zero attached hydrogens (tertiary/aromatic N) is 2. The Labute approximate surface area is 157 Å². The molecule has 0 saturated carbocycles. The summed E-state index contributed by atoms with van der Waals surface area (Å²) in [4.78, 5) is 21.8. The summed E-state index contributed by atoms with van der Waals surface area (Å²) < 4.78 is 0. The lowest BCUT2D eigenvalue weighted by atomic mass is 10.3. The molecule has 0 spiro atoms. The first-order valence-corrected chi connectivity index (χ1v) is 9.40. The van der Waals surface area contributed by atoms with Gasteiger partial charge in [0.25, 0.3) is 5.91 Å². The van der Waals surface area contributed by atoms with E-state index in [1.165, 1.54) is 17.3 Å². The van der Waals surface area contributed by atoms with E-state index in [-0.39, 0.29) is 5.91 Å². The molecule has 2 aromatic carbocycles. The van der Waals surface area contributed by atoms with E-state index in [1.54, 1.807) is 11.8 Å². The quantitative estimate of drug-likeness (QED) is 0.465. The van der Waals surface area contributed by atoms with Crippen molar-refractivity contribution in [1.82, 2.24) is 15.3 Å². The molecule has 132 valence electrons. The Hall–Kier alpha value is -2.86. The standard InChI is InChI=1S/C20H20N4OS/c25-19(21-12-7-13-26-18-10-5-2-6-11-18)16-14-22-20(23-15-16)24-17-8-3-1-4-9-17/h1-6,8-11,14-15H,7,12-13H2,(H,21,25)(H,22,23,24). The second-order valence-corrected chi connectivity index (χ2v) is 6.73. The first-order valence-electron chi connectivity index (χ1n) is 8.41. The van der Waals surface area contributed by atoms with Crippen molar-refractivity contribution in [3.63, 3.8) is 0 Å². The summed E-state index contributed by atoms with van der Waals surface area (Å²) in [5.74, 6) is 1.27. The highest BCUT2D eigenvalue weighted by Gasteiger charge is 2.06. The minimum absolute atomic E-state index is 0.152. The summed E-state index contributed by atoms with van der Waals surface area (Å²) in [5.41, 5.74) is 1.36. The summed E-state index contributed by atoms with van der Waals surface area (Å²) in [5, 5.41) is 5.99. The fraction of sp³-hybridized carbons (Fsp3) is 0.150. The van der Waals surface area contributed by atoms with Crippen molar-refractivity contribution in [2.24, 2.45) is 0 Å². The lowest BCUT2D eigenvalue weighted by Gasteiger charge is -2.07. The Balaban J connectivity index is 1.40. The molecule has 0 atom stereocenters. The van der Waals surface area contributed by atoms with E-state index in [0.29, 0.717) is 18.1 Å². The third kappa shape index (κ3) is 5.60. The second kappa shape index (κ2) is 9.58. The first kappa shape index (κ1) is 17.9. The van der Waals surface area contributed by atoms with E-state index < -0.39 is 0 Å². The van der Waals surface area contributed by atoms with Gasteiger partial charge in [-0.1, -0.05) is 36.4 Å². The molecular formula is C20H20N4OS. The molecule has 5 nitrogen and oxygen atoms in total. The van der Waals surface area contributed by atoms with Gasteiger partial charge in [0.2, 0.25) is 5.95 Å². The highest BCUT2D eigenvalue weighted by molar-refractivity contribution is 7.99. The minimum Gasteiger partial charge on any atom is -0.352 e. The highest BCUT2D eigenvalue weighted by Crippen LogP contribution is 2.17. The predicted molar refractivity (Wildman–Crippen MR) is 106 cm³/mol. The molecular weight excluding hydrogens is 344 g/mol. The van der Waals surface area contributed by atoms with Gasteiger partial charge < -0.3 is 10.6 Å². The van der Waals surface area contributed by atoms with Gasteiger partial charge in [0, 0.05) is 29.5 Å². The molecule has 0 aliphatic rings. The molecule has 1 heterocycles. The lowest BCUT2D eigenvalue weighted by molar-refractivity contribution is 0.0953. The van der Waals surface area contributed by atoms with Gasteiger partial charge in [-0.25, -0.2) is 9.97 Å². The van der Waals surface area contributed by atoms with Crippen LogP contribution in [0.1, 0.15) is 16.8 Å². The number of hydrogen-bond donors (Lipinski definition) is 2. The Morgan fingerprint density at radius 1 is 0.923 bits per heavy atom. The van der Waals surface area contributed by atoms with Crippen LogP contribution in [0.15, 0.2) is 78.0 Å². The number of rotatable bonds is 8. The van der Waals surface area contributed by atoms with Crippen LogP contribution in [0.25, 0.3) is 0 Å². The Bertz CT molecular complexity index is 810. The van der Waals surface area contributed by atoms with Crippen LogP contribution >= 0.6 is 11.8 Å². The fourth-order valence-electron chi connectivity index (χ4n) is 2.24. The molecule has 0 aliphatic heterocycles. The van der Waals surface area contributed by atoms with Crippen LogP contribution in [0.3, 0.4) is 0 Å². The average molecular weight is 364 g/mol. The number of para-hydroxylation sites is 1. The van der Waals surface area contributed by atoms with Gasteiger partial charge in [-0.15, -0.1) is 11.8 Å². The predicted octanol–water partition coefficient (Wildman–Crippen LogP) is 4.13. The van der Waals surface area contributed by atoms with Crippen molar-refractivity contribution in [2.45, 2.75) is 11.3 Å². The Kier molecular flexibility index (Phi) is 6.61. The van der Waals surface area contributed by atoms with Gasteiger partial charge in [-0.05, 0) is 36.4 Å². The molecule has 0 bridgehead atoms. The van der Waals surface area contributed by atoms with E-state index >= 15 is 0 Å². The minimum atomic E-state index is -0.152. The molecule has 2 N–H and O–H groups in total. The molecule has 0 fully saturated rings. The van der Waals surface area contributed by atoms with Crippen LogP contribution in [0.4, 0.5) is 11.6 Å². The number of thioether (sulfide) groups is 1. The Morgan fingerprint density at radius 3 is 2.27 bits per heavy atom. The molecule has 26 heavy (non-hydrogen) atoms. The molecule has 0 radical (unpaired) electrons. The van der Waals surface area contributed by atoms with Gasteiger partial charge in [0.05, 0.1) is 5.56 Å². The summed E-state index contributed by atoms with van der Waals surface area (Å²) in [6.45, 7) is 0.628. The Morgan fingerprint density at radius 2 is 1.58 bits per heavy atom. The topological polar surface area (TPSA) is 66.9 Å². The monoisotopic (exact) mass is 364 g/mol. The van der Waals surface area contributed by atoms with E-state index in [9.17, 15) is 4.79 Å². The zero-order valence-corrected chi connectivity index (χ0v) is 15.1. The maximum absolute atomic E-state index is 12.1. The number of carbonyl (C=O) groups is 1. The molecule has 3 rings (SSSR count). The van der Waals surface area contributed by atoms with Crippen LogP contribution in [0.2, 0.25) is 0 Å². The smallest absolute Gasteiger partial charge is 0.254 e. The van der Waals surface area contributed by atoms with Crippen LogP contribution in [0.5, 0.6) is 0 Å². The summed E-state index contributed by atoms with van der Waals surface area (Å²) in [6, 6.07) is 19.9. The van der Waals surface area contributed by atoms with Crippen LogP contribution < -0.4 is 10.6 Å². The SMILES string of the molecule is O=C(NCCCSc1ccccc1)c1cnc(Nc2ccccc2)nc1. The molecule has 0 saturated heterocycles. The second-order valence-electron chi connectivity index (χ2n) is 5.56. The van der Waals surface area contributed by atoms with Gasteiger partial charge >= 0.3 is 0 Å². The van der Waals surface area contributed by atoms with E-state index in [2.05, 4.69) is 32.7 Å². The van der Waals surface area contributed by atoms with E-state index in [0.717, 1.165) is 17.9 Å². The van der Waals surface area contributed by atoms with Crippen LogP contribution in [-0.4, -0.2) is 28.2 Å². The van der Waals surface area contributed by atoms with Gasteiger partial charge in [-0.2, -0.15) is 0 Å². The molecule has 0 unspecified atom stereocenters. The number of aromatic nitrogens is 2. The first-order chi connectivity index (χ1) is 12.8. The maximum Gasteiger partial charge on any atom is 0.254 e. The normalized spacial score (nSPS) is 10.3. The van der Waals surface area contributed by atoms with Crippen molar-refractivity contribution < 1.29 is 4.79 Å². The summed E-state index contributed by atoms with van der Waals surface area (Å²) in [6.07, 6.45) is 3.97. The van der Waals surface area contributed by atoms with E-state index in [4.69, 9.17) is 0 Å². The fourth-order valence-corrected chi connectivity index (χ4v) is 3.12. The number of hydrogen-bond acceptors (Lipinski definition) is 5. The van der Waals surface area contributed by atoms with Crippen molar-refractivity contribution in [1.29, 1.82) is 0 Å². The molecule has 1 aromatic heterocycles. The molecule has 0 aliphatic carbocycles. The van der Waals surface area contributed by atoms with Gasteiger partial charge in [0.1, 0.15) is 0 Å². The van der Waals surface area contributed by atoms with E-state index in [1.807, 2.05) is 48.5 Å². The van der Waals surface area contributed by atoms with Crippen molar-refractivity contribution in [2.75, 3.05) is 17.6 Å². The largest absolute Gasteiger partial charge is 0.352 e. The van der Waals surface area contributed by atoms with Gasteiger partial charge in [0.15, 0.2) is 0 Å². The van der Waals surface area contributed by atoms with Crippen LogP contribution in [0, 0.1) is 0 Å². The lowest BCUT2D eigenvalue weighted by Crippen LogP contribution is -2.25. The highest BCUT2D eigenvalue weighted by atomic mass is 32.2. The molecule has 3 aromatic rings. The number of nitrogens with one attached hydrogen (secondary N) is 2. The van der Waals surface area contributed by atoms with Crippen molar-refractivity contribution in [3.05, 3.63) is 78.6 Å². The maximum atomic E-state index is 12.1. The summed E-state index contributed by atoms with van der Waals surface area (Å²) in [7, 11) is 0. The van der Waals surface area contributed by atoms with Crippen molar-refractivity contribution >= 4 is 29.3 Å². The molecule has 1 amide bonds. The average Bonchev–Trinajstić information content (AvgIpc) is 2.70. The zero-order chi connectivity index (χ0) is 18.0. The third-order valence-corrected chi connectivity index (χ3v) is 4.66. The zero-order valence-electron chi connectivity index (χ0n) is 14.3. The van der Waals surface area contributed by atoms with Gasteiger partial charge in [-0.3, -0.25) is 4.79 Å².